The Balaban J connectivity index is 1.33. The van der Waals surface area contributed by atoms with Crippen LogP contribution in [0.25, 0.3) is 0 Å². The molecule has 2 heterocycles. The zero-order valence-corrected chi connectivity index (χ0v) is 18.2. The van der Waals surface area contributed by atoms with Crippen LogP contribution in [-0.2, 0) is 20.9 Å². The van der Waals surface area contributed by atoms with Gasteiger partial charge >= 0.3 is 0 Å². The molecule has 6 heteroatoms. The Hall–Kier alpha value is -1.08. The minimum atomic E-state index is -0.293. The number of hydroxylamine groups is 1. The van der Waals surface area contributed by atoms with Gasteiger partial charge in [0.25, 0.3) is 0 Å². The SMILES string of the molecule is CC(CCCC(=O)NO)SCCC1C2CCC(O2)C1CCOCc1ccccc1. The van der Waals surface area contributed by atoms with Crippen LogP contribution in [0.3, 0.4) is 0 Å². The third-order valence-electron chi connectivity index (χ3n) is 6.29. The predicted octanol–water partition coefficient (Wildman–Crippen LogP) is 4.57. The monoisotopic (exact) mass is 421 g/mol. The van der Waals surface area contributed by atoms with Crippen molar-refractivity contribution < 1.29 is 19.5 Å². The normalized spacial score (nSPS) is 26.6. The number of carbonyl (C=O) groups is 1. The van der Waals surface area contributed by atoms with Gasteiger partial charge in [-0.15, -0.1) is 0 Å². The maximum atomic E-state index is 11.1. The van der Waals surface area contributed by atoms with Crippen molar-refractivity contribution in [2.75, 3.05) is 12.4 Å². The van der Waals surface area contributed by atoms with Crippen LogP contribution in [0.15, 0.2) is 30.3 Å². The molecule has 2 aliphatic rings. The Bertz CT molecular complexity index is 614. The third-order valence-corrected chi connectivity index (χ3v) is 7.57. The summed E-state index contributed by atoms with van der Waals surface area (Å²) in [6.07, 6.45) is 7.82. The average Bonchev–Trinajstić information content (AvgIpc) is 3.34. The molecule has 162 valence electrons. The minimum absolute atomic E-state index is 0.293. The number of benzene rings is 1. The molecule has 2 fully saturated rings. The Morgan fingerprint density at radius 3 is 2.69 bits per heavy atom. The average molecular weight is 422 g/mol. The van der Waals surface area contributed by atoms with Gasteiger partial charge in [-0.3, -0.25) is 10.0 Å². The van der Waals surface area contributed by atoms with E-state index in [1.807, 2.05) is 17.8 Å². The number of hydrogen-bond acceptors (Lipinski definition) is 5. The number of carbonyl (C=O) groups excluding carboxylic acids is 1. The fraction of sp³-hybridized carbons (Fsp3) is 0.696. The smallest absolute Gasteiger partial charge is 0.243 e. The summed E-state index contributed by atoms with van der Waals surface area (Å²) in [5.74, 6) is 2.15. The van der Waals surface area contributed by atoms with Crippen LogP contribution in [0.1, 0.15) is 57.4 Å². The summed E-state index contributed by atoms with van der Waals surface area (Å²) < 4.78 is 12.2. The molecule has 29 heavy (non-hydrogen) atoms. The molecule has 5 unspecified atom stereocenters. The number of thioether (sulfide) groups is 1. The van der Waals surface area contributed by atoms with Crippen molar-refractivity contribution in [2.24, 2.45) is 11.8 Å². The Morgan fingerprint density at radius 2 is 1.97 bits per heavy atom. The van der Waals surface area contributed by atoms with Crippen molar-refractivity contribution in [3.05, 3.63) is 35.9 Å². The molecule has 0 aromatic heterocycles. The highest BCUT2D eigenvalue weighted by atomic mass is 32.2. The van der Waals surface area contributed by atoms with E-state index in [9.17, 15) is 4.79 Å². The van der Waals surface area contributed by atoms with Crippen LogP contribution in [0.2, 0.25) is 0 Å². The Morgan fingerprint density at radius 1 is 1.24 bits per heavy atom. The molecule has 5 atom stereocenters. The molecule has 2 saturated heterocycles. The number of hydrogen-bond donors (Lipinski definition) is 2. The van der Waals surface area contributed by atoms with Gasteiger partial charge in [-0.05, 0) is 61.7 Å². The summed E-state index contributed by atoms with van der Waals surface area (Å²) in [4.78, 5) is 11.1. The van der Waals surface area contributed by atoms with Crippen LogP contribution in [0.4, 0.5) is 0 Å². The van der Waals surface area contributed by atoms with Crippen molar-refractivity contribution in [2.45, 2.75) is 75.9 Å². The largest absolute Gasteiger partial charge is 0.377 e. The number of nitrogens with one attached hydrogen (secondary N) is 1. The van der Waals surface area contributed by atoms with E-state index in [0.29, 0.717) is 42.3 Å². The zero-order valence-electron chi connectivity index (χ0n) is 17.4. The lowest BCUT2D eigenvalue weighted by atomic mass is 9.76. The molecule has 0 saturated carbocycles. The fourth-order valence-corrected chi connectivity index (χ4v) is 5.89. The zero-order chi connectivity index (χ0) is 20.5. The van der Waals surface area contributed by atoms with Crippen LogP contribution in [0, 0.1) is 11.8 Å². The highest BCUT2D eigenvalue weighted by Crippen LogP contribution is 2.47. The quantitative estimate of drug-likeness (QED) is 0.277. The van der Waals surface area contributed by atoms with E-state index in [4.69, 9.17) is 14.7 Å². The van der Waals surface area contributed by atoms with Gasteiger partial charge in [0.15, 0.2) is 0 Å². The van der Waals surface area contributed by atoms with E-state index in [1.54, 1.807) is 5.48 Å². The molecule has 5 nitrogen and oxygen atoms in total. The molecule has 2 N–H and O–H groups in total. The molecule has 0 radical (unpaired) electrons. The minimum Gasteiger partial charge on any atom is -0.377 e. The predicted molar refractivity (Wildman–Crippen MR) is 116 cm³/mol. The molecule has 1 amide bonds. The summed E-state index contributed by atoms with van der Waals surface area (Å²) >= 11 is 2.00. The van der Waals surface area contributed by atoms with Gasteiger partial charge < -0.3 is 9.47 Å². The maximum Gasteiger partial charge on any atom is 0.243 e. The topological polar surface area (TPSA) is 67.8 Å². The van der Waals surface area contributed by atoms with Gasteiger partial charge in [0.05, 0.1) is 18.8 Å². The molecule has 2 bridgehead atoms. The molecular weight excluding hydrogens is 386 g/mol. The van der Waals surface area contributed by atoms with Crippen molar-refractivity contribution >= 4 is 17.7 Å². The van der Waals surface area contributed by atoms with Crippen LogP contribution in [0.5, 0.6) is 0 Å². The number of fused-ring (bicyclic) bond motifs is 2. The van der Waals surface area contributed by atoms with Gasteiger partial charge in [0, 0.05) is 18.3 Å². The molecule has 1 aromatic carbocycles. The second-order valence-electron chi connectivity index (χ2n) is 8.34. The number of rotatable bonds is 13. The number of amides is 1. The lowest BCUT2D eigenvalue weighted by Crippen LogP contribution is -2.29. The lowest BCUT2D eigenvalue weighted by molar-refractivity contribution is -0.129. The molecule has 0 aliphatic carbocycles. The standard InChI is InChI=1S/C23H35NO4S/c1-17(6-5-9-23(25)24-26)29-15-13-20-19(21-10-11-22(20)28-21)12-14-27-16-18-7-3-2-4-8-18/h2-4,7-8,17,19-22,26H,5-6,9-16H2,1H3,(H,24,25). The van der Waals surface area contributed by atoms with Crippen LogP contribution < -0.4 is 5.48 Å². The second kappa shape index (κ2) is 11.9. The van der Waals surface area contributed by atoms with Gasteiger partial charge in [0.2, 0.25) is 5.91 Å². The van der Waals surface area contributed by atoms with E-state index in [2.05, 4.69) is 31.2 Å². The molecule has 0 spiro atoms. The van der Waals surface area contributed by atoms with Crippen LogP contribution >= 0.6 is 11.8 Å². The summed E-state index contributed by atoms with van der Waals surface area (Å²) in [7, 11) is 0. The van der Waals surface area contributed by atoms with Crippen molar-refractivity contribution in [1.29, 1.82) is 0 Å². The molecule has 2 aliphatic heterocycles. The highest BCUT2D eigenvalue weighted by molar-refractivity contribution is 7.99. The van der Waals surface area contributed by atoms with Gasteiger partial charge in [-0.25, -0.2) is 5.48 Å². The van der Waals surface area contributed by atoms with Crippen molar-refractivity contribution in [3.8, 4) is 0 Å². The summed E-state index contributed by atoms with van der Waals surface area (Å²) in [5.41, 5.74) is 2.93. The fourth-order valence-electron chi connectivity index (χ4n) is 4.75. The maximum absolute atomic E-state index is 11.1. The summed E-state index contributed by atoms with van der Waals surface area (Å²) in [6, 6.07) is 10.4. The summed E-state index contributed by atoms with van der Waals surface area (Å²) in [5, 5.41) is 9.08. The van der Waals surface area contributed by atoms with E-state index >= 15 is 0 Å². The van der Waals surface area contributed by atoms with Gasteiger partial charge in [0.1, 0.15) is 0 Å². The number of ether oxygens (including phenoxy) is 2. The van der Waals surface area contributed by atoms with E-state index in [1.165, 1.54) is 24.8 Å². The molecule has 1 aromatic rings. The lowest BCUT2D eigenvalue weighted by Gasteiger charge is -2.28. The van der Waals surface area contributed by atoms with E-state index < -0.39 is 0 Å². The first-order chi connectivity index (χ1) is 14.2. The molecular formula is C23H35NO4S. The molecule has 3 rings (SSSR count). The summed E-state index contributed by atoms with van der Waals surface area (Å²) in [6.45, 7) is 3.72. The van der Waals surface area contributed by atoms with Crippen LogP contribution in [-0.4, -0.2) is 40.9 Å². The first-order valence-electron chi connectivity index (χ1n) is 11.0. The van der Waals surface area contributed by atoms with Gasteiger partial charge in [-0.2, -0.15) is 11.8 Å². The van der Waals surface area contributed by atoms with Crippen molar-refractivity contribution in [3.63, 3.8) is 0 Å². The third kappa shape index (κ3) is 6.99. The first-order valence-corrected chi connectivity index (χ1v) is 12.0. The van der Waals surface area contributed by atoms with E-state index in [0.717, 1.165) is 31.6 Å². The van der Waals surface area contributed by atoms with Gasteiger partial charge in [-0.1, -0.05) is 37.3 Å². The van der Waals surface area contributed by atoms with Crippen molar-refractivity contribution in [1.82, 2.24) is 5.48 Å². The second-order valence-corrected chi connectivity index (χ2v) is 9.89. The van der Waals surface area contributed by atoms with E-state index in [-0.39, 0.29) is 5.91 Å². The Labute approximate surface area is 178 Å². The highest BCUT2D eigenvalue weighted by Gasteiger charge is 2.47. The first kappa shape index (κ1) is 22.6. The Kier molecular flexibility index (Phi) is 9.31.